The summed E-state index contributed by atoms with van der Waals surface area (Å²) in [6, 6.07) is 7.30. The third kappa shape index (κ3) is 4.05. The van der Waals surface area contributed by atoms with E-state index >= 15 is 0 Å². The van der Waals surface area contributed by atoms with E-state index in [4.69, 9.17) is 0 Å². The third-order valence-corrected chi connectivity index (χ3v) is 5.38. The molecule has 0 atom stereocenters. The molecule has 148 valence electrons. The van der Waals surface area contributed by atoms with Crippen molar-refractivity contribution in [1.29, 1.82) is 0 Å². The molecule has 2 saturated heterocycles. The van der Waals surface area contributed by atoms with E-state index in [1.807, 2.05) is 12.1 Å². The summed E-state index contributed by atoms with van der Waals surface area (Å²) in [6.07, 6.45) is 2.33. The quantitative estimate of drug-likeness (QED) is 0.806. The molecule has 0 spiro atoms. The molecule has 3 heterocycles. The van der Waals surface area contributed by atoms with Gasteiger partial charge in [0, 0.05) is 45.3 Å². The minimum absolute atomic E-state index is 0.0591. The van der Waals surface area contributed by atoms with Crippen LogP contribution in [0.2, 0.25) is 0 Å². The highest BCUT2D eigenvalue weighted by atomic mass is 19.1. The second kappa shape index (κ2) is 8.08. The Kier molecular flexibility index (Phi) is 5.36. The predicted molar refractivity (Wildman–Crippen MR) is 102 cm³/mol. The molecule has 1 aromatic carbocycles. The lowest BCUT2D eigenvalue weighted by molar-refractivity contribution is -0.130. The molecular weight excluding hydrogens is 364 g/mol. The summed E-state index contributed by atoms with van der Waals surface area (Å²) < 4.78 is 26.8. The summed E-state index contributed by atoms with van der Waals surface area (Å²) in [5.41, 5.74) is 0.220. The predicted octanol–water partition coefficient (Wildman–Crippen LogP) is 2.25. The number of benzene rings is 1. The van der Waals surface area contributed by atoms with Crippen molar-refractivity contribution in [2.75, 3.05) is 49.1 Å². The fourth-order valence-electron chi connectivity index (χ4n) is 3.73. The van der Waals surface area contributed by atoms with Crippen LogP contribution in [0.1, 0.15) is 18.4 Å². The number of anilines is 2. The van der Waals surface area contributed by atoms with Gasteiger partial charge < -0.3 is 14.7 Å². The molecule has 2 aliphatic heterocycles. The summed E-state index contributed by atoms with van der Waals surface area (Å²) >= 11 is 0. The molecule has 2 fully saturated rings. The lowest BCUT2D eigenvalue weighted by atomic mass is 10.1. The van der Waals surface area contributed by atoms with Gasteiger partial charge in [0.2, 0.25) is 5.91 Å². The maximum atomic E-state index is 13.8. The fourth-order valence-corrected chi connectivity index (χ4v) is 3.73. The lowest BCUT2D eigenvalue weighted by Gasteiger charge is -2.35. The second-order valence-electron chi connectivity index (χ2n) is 7.22. The van der Waals surface area contributed by atoms with Crippen molar-refractivity contribution in [2.45, 2.75) is 19.3 Å². The minimum Gasteiger partial charge on any atom is -0.355 e. The van der Waals surface area contributed by atoms with Crippen molar-refractivity contribution in [1.82, 2.24) is 15.1 Å². The monoisotopic (exact) mass is 387 g/mol. The molecule has 0 bridgehead atoms. The van der Waals surface area contributed by atoms with Gasteiger partial charge in [0.1, 0.15) is 11.6 Å². The first-order chi connectivity index (χ1) is 13.6. The zero-order valence-corrected chi connectivity index (χ0v) is 15.7. The van der Waals surface area contributed by atoms with E-state index in [9.17, 15) is 13.6 Å². The van der Waals surface area contributed by atoms with Crippen LogP contribution >= 0.6 is 0 Å². The van der Waals surface area contributed by atoms with Crippen LogP contribution in [0.25, 0.3) is 0 Å². The Morgan fingerprint density at radius 1 is 0.857 bits per heavy atom. The molecule has 0 saturated carbocycles. The Morgan fingerprint density at radius 2 is 1.46 bits per heavy atom. The Morgan fingerprint density at radius 3 is 2.04 bits per heavy atom. The molecule has 0 radical (unpaired) electrons. The molecule has 4 rings (SSSR count). The van der Waals surface area contributed by atoms with Gasteiger partial charge in [0.25, 0.3) is 0 Å². The number of carbonyl (C=O) groups excluding carboxylic acids is 1. The second-order valence-corrected chi connectivity index (χ2v) is 7.22. The van der Waals surface area contributed by atoms with Gasteiger partial charge in [-0.25, -0.2) is 8.78 Å². The van der Waals surface area contributed by atoms with Crippen LogP contribution in [0, 0.1) is 11.6 Å². The van der Waals surface area contributed by atoms with Gasteiger partial charge in [0.05, 0.1) is 6.42 Å². The average molecular weight is 387 g/mol. The highest BCUT2D eigenvalue weighted by Crippen LogP contribution is 2.20. The first-order valence-electron chi connectivity index (χ1n) is 9.65. The van der Waals surface area contributed by atoms with Crippen molar-refractivity contribution in [2.24, 2.45) is 0 Å². The number of aromatic nitrogens is 2. The number of hydrogen-bond donors (Lipinski definition) is 0. The first-order valence-corrected chi connectivity index (χ1v) is 9.65. The molecule has 8 heteroatoms. The summed E-state index contributed by atoms with van der Waals surface area (Å²) in [7, 11) is 0. The maximum Gasteiger partial charge on any atom is 0.227 e. The number of halogens is 2. The Labute approximate surface area is 162 Å². The van der Waals surface area contributed by atoms with E-state index in [2.05, 4.69) is 20.0 Å². The van der Waals surface area contributed by atoms with Crippen LogP contribution in [0.4, 0.5) is 20.4 Å². The number of nitrogens with zero attached hydrogens (tertiary/aromatic N) is 5. The van der Waals surface area contributed by atoms with Crippen molar-refractivity contribution >= 4 is 17.5 Å². The first kappa shape index (κ1) is 18.6. The van der Waals surface area contributed by atoms with E-state index in [1.54, 1.807) is 4.90 Å². The Hall–Kier alpha value is -2.77. The SMILES string of the molecule is O=C(Cc1ccc(F)cc1F)N1CCN(c2ccc(N3CCCC3)nn2)CC1. The van der Waals surface area contributed by atoms with Gasteiger partial charge in [0.15, 0.2) is 11.6 Å². The van der Waals surface area contributed by atoms with Crippen molar-refractivity contribution in [3.63, 3.8) is 0 Å². The molecule has 2 aliphatic rings. The van der Waals surface area contributed by atoms with Crippen LogP contribution < -0.4 is 9.80 Å². The maximum absolute atomic E-state index is 13.8. The summed E-state index contributed by atoms with van der Waals surface area (Å²) in [4.78, 5) is 18.5. The lowest BCUT2D eigenvalue weighted by Crippen LogP contribution is -2.49. The van der Waals surface area contributed by atoms with Crippen LogP contribution in [0.5, 0.6) is 0 Å². The van der Waals surface area contributed by atoms with Gasteiger partial charge in [-0.05, 0) is 36.6 Å². The van der Waals surface area contributed by atoms with Gasteiger partial charge >= 0.3 is 0 Å². The normalized spacial score (nSPS) is 17.3. The highest BCUT2D eigenvalue weighted by Gasteiger charge is 2.23. The zero-order chi connectivity index (χ0) is 19.5. The number of amides is 1. The van der Waals surface area contributed by atoms with E-state index in [-0.39, 0.29) is 17.9 Å². The van der Waals surface area contributed by atoms with E-state index in [1.165, 1.54) is 25.0 Å². The van der Waals surface area contributed by atoms with Gasteiger partial charge in [-0.3, -0.25) is 4.79 Å². The topological polar surface area (TPSA) is 52.6 Å². The molecule has 0 unspecified atom stereocenters. The van der Waals surface area contributed by atoms with Crippen molar-refractivity contribution in [3.05, 3.63) is 47.5 Å². The molecule has 0 N–H and O–H groups in total. The fraction of sp³-hybridized carbons (Fsp3) is 0.450. The van der Waals surface area contributed by atoms with Gasteiger partial charge in [-0.15, -0.1) is 10.2 Å². The van der Waals surface area contributed by atoms with Crippen LogP contribution in [0.3, 0.4) is 0 Å². The molecule has 2 aromatic rings. The summed E-state index contributed by atoms with van der Waals surface area (Å²) in [5, 5.41) is 8.69. The summed E-state index contributed by atoms with van der Waals surface area (Å²) in [6.45, 7) is 4.44. The smallest absolute Gasteiger partial charge is 0.227 e. The highest BCUT2D eigenvalue weighted by molar-refractivity contribution is 5.79. The van der Waals surface area contributed by atoms with E-state index in [0.717, 1.165) is 30.8 Å². The molecule has 28 heavy (non-hydrogen) atoms. The number of piperazine rings is 1. The Bertz CT molecular complexity index is 831. The largest absolute Gasteiger partial charge is 0.355 e. The van der Waals surface area contributed by atoms with Crippen LogP contribution in [-0.4, -0.2) is 60.3 Å². The van der Waals surface area contributed by atoms with E-state index < -0.39 is 11.6 Å². The molecule has 0 aliphatic carbocycles. The number of hydrogen-bond acceptors (Lipinski definition) is 5. The van der Waals surface area contributed by atoms with Crippen molar-refractivity contribution < 1.29 is 13.6 Å². The summed E-state index contributed by atoms with van der Waals surface area (Å²) in [5.74, 6) is 0.246. The van der Waals surface area contributed by atoms with Gasteiger partial charge in [-0.2, -0.15) is 0 Å². The minimum atomic E-state index is -0.680. The van der Waals surface area contributed by atoms with Crippen LogP contribution in [0.15, 0.2) is 30.3 Å². The molecule has 6 nitrogen and oxygen atoms in total. The number of carbonyl (C=O) groups is 1. The van der Waals surface area contributed by atoms with Gasteiger partial charge in [-0.1, -0.05) is 6.07 Å². The number of rotatable bonds is 4. The molecule has 1 aromatic heterocycles. The van der Waals surface area contributed by atoms with Crippen LogP contribution in [-0.2, 0) is 11.2 Å². The third-order valence-electron chi connectivity index (χ3n) is 5.38. The molecular formula is C20H23F2N5O. The zero-order valence-electron chi connectivity index (χ0n) is 15.7. The van der Waals surface area contributed by atoms with Crippen molar-refractivity contribution in [3.8, 4) is 0 Å². The average Bonchev–Trinajstić information content (AvgIpc) is 3.25. The molecule has 1 amide bonds. The Balaban J connectivity index is 1.32. The van der Waals surface area contributed by atoms with E-state index in [0.29, 0.717) is 26.2 Å². The standard InChI is InChI=1S/C20H23F2N5O/c21-16-4-3-15(17(22)14-16)13-20(28)27-11-9-26(10-12-27)19-6-5-18(23-24-19)25-7-1-2-8-25/h3-6,14H,1-2,7-13H2.